The van der Waals surface area contributed by atoms with E-state index in [4.69, 9.17) is 9.47 Å². The molecule has 0 radical (unpaired) electrons. The number of hydrogen-bond acceptors (Lipinski definition) is 6. The number of ether oxygens (including phenoxy) is 2. The van der Waals surface area contributed by atoms with Gasteiger partial charge in [0.05, 0.1) is 6.61 Å². The molecule has 0 N–H and O–H groups in total. The Morgan fingerprint density at radius 2 is 0.855 bits per heavy atom. The molecule has 366 valence electrons. The summed E-state index contributed by atoms with van der Waals surface area (Å²) in [7, 11) is 0. The van der Waals surface area contributed by atoms with Gasteiger partial charge in [0.25, 0.3) is 0 Å². The molecule has 0 aliphatic carbocycles. The summed E-state index contributed by atoms with van der Waals surface area (Å²) in [6.07, 6.45) is 46.1. The van der Waals surface area contributed by atoms with E-state index in [0.717, 1.165) is 122 Å². The van der Waals surface area contributed by atoms with Gasteiger partial charge in [0, 0.05) is 38.9 Å². The lowest BCUT2D eigenvalue weighted by Gasteiger charge is -2.24. The molecular formula is C55H106N2O5. The highest BCUT2D eigenvalue weighted by Gasteiger charge is 2.18. The summed E-state index contributed by atoms with van der Waals surface area (Å²) in [6.45, 7) is 14.5. The second-order valence-corrected chi connectivity index (χ2v) is 19.5. The van der Waals surface area contributed by atoms with Gasteiger partial charge < -0.3 is 19.3 Å². The van der Waals surface area contributed by atoms with Crippen molar-refractivity contribution >= 4 is 17.8 Å². The van der Waals surface area contributed by atoms with Crippen LogP contribution in [-0.2, 0) is 23.9 Å². The highest BCUT2D eigenvalue weighted by Crippen LogP contribution is 2.23. The van der Waals surface area contributed by atoms with Gasteiger partial charge in [-0.25, -0.2) is 0 Å². The lowest BCUT2D eigenvalue weighted by Crippen LogP contribution is -2.35. The molecule has 0 aromatic carbocycles. The maximum Gasteiger partial charge on any atom is 0.306 e. The van der Waals surface area contributed by atoms with Crippen LogP contribution in [0.3, 0.4) is 0 Å². The molecule has 0 aromatic heterocycles. The van der Waals surface area contributed by atoms with Crippen molar-refractivity contribution in [1.82, 2.24) is 9.80 Å². The van der Waals surface area contributed by atoms with Crippen molar-refractivity contribution in [1.29, 1.82) is 0 Å². The Labute approximate surface area is 386 Å². The van der Waals surface area contributed by atoms with Gasteiger partial charge in [-0.05, 0) is 96.1 Å². The van der Waals surface area contributed by atoms with Crippen molar-refractivity contribution in [2.24, 2.45) is 5.92 Å². The average molecular weight is 875 g/mol. The minimum atomic E-state index is -0.0311. The molecule has 1 aliphatic heterocycles. The third-order valence-electron chi connectivity index (χ3n) is 13.6. The molecule has 1 aliphatic rings. The second-order valence-electron chi connectivity index (χ2n) is 19.5. The molecule has 0 aromatic rings. The molecule has 1 atom stereocenters. The highest BCUT2D eigenvalue weighted by molar-refractivity contribution is 5.76. The van der Waals surface area contributed by atoms with Crippen LogP contribution >= 0.6 is 0 Å². The molecule has 62 heavy (non-hydrogen) atoms. The van der Waals surface area contributed by atoms with Crippen LogP contribution in [0.15, 0.2) is 0 Å². The third-order valence-corrected chi connectivity index (χ3v) is 13.6. The van der Waals surface area contributed by atoms with E-state index < -0.39 is 0 Å². The Morgan fingerprint density at radius 1 is 0.452 bits per heavy atom. The molecule has 7 nitrogen and oxygen atoms in total. The summed E-state index contributed by atoms with van der Waals surface area (Å²) in [5.74, 6) is 1.07. The number of nitrogens with zero attached hydrogens (tertiary/aromatic N) is 2. The first kappa shape index (κ1) is 58.4. The van der Waals surface area contributed by atoms with Crippen molar-refractivity contribution in [2.75, 3.05) is 39.3 Å². The van der Waals surface area contributed by atoms with Crippen LogP contribution in [0.2, 0.25) is 0 Å². The molecule has 0 spiro atoms. The lowest BCUT2D eigenvalue weighted by molar-refractivity contribution is -0.150. The van der Waals surface area contributed by atoms with E-state index in [0.29, 0.717) is 31.8 Å². The molecule has 1 heterocycles. The zero-order chi connectivity index (χ0) is 45.0. The van der Waals surface area contributed by atoms with Gasteiger partial charge in [0.2, 0.25) is 5.91 Å². The maximum atomic E-state index is 13.4. The smallest absolute Gasteiger partial charge is 0.306 e. The van der Waals surface area contributed by atoms with Crippen LogP contribution in [0.4, 0.5) is 0 Å². The largest absolute Gasteiger partial charge is 0.466 e. The number of unbranched alkanes of at least 4 members (excludes halogenated alkanes) is 23. The van der Waals surface area contributed by atoms with Crippen LogP contribution in [0, 0.1) is 5.92 Å². The highest BCUT2D eigenvalue weighted by atomic mass is 16.5. The first-order valence-electron chi connectivity index (χ1n) is 27.8. The van der Waals surface area contributed by atoms with Crippen molar-refractivity contribution in [2.45, 2.75) is 291 Å². The number of carbonyl (C=O) groups excluding carboxylic acids is 3. The fourth-order valence-corrected chi connectivity index (χ4v) is 9.40. The summed E-state index contributed by atoms with van der Waals surface area (Å²) >= 11 is 0. The third kappa shape index (κ3) is 36.7. The van der Waals surface area contributed by atoms with Gasteiger partial charge in [-0.1, -0.05) is 188 Å². The van der Waals surface area contributed by atoms with Crippen LogP contribution < -0.4 is 0 Å². The monoisotopic (exact) mass is 875 g/mol. The summed E-state index contributed by atoms with van der Waals surface area (Å²) < 4.78 is 11.7. The number of carbonyl (C=O) groups is 3. The maximum absolute atomic E-state index is 13.4. The van der Waals surface area contributed by atoms with Crippen LogP contribution in [-0.4, -0.2) is 73.1 Å². The predicted molar refractivity (Wildman–Crippen MR) is 265 cm³/mol. The van der Waals surface area contributed by atoms with Gasteiger partial charge in [-0.3, -0.25) is 14.4 Å². The molecule has 7 heteroatoms. The van der Waals surface area contributed by atoms with E-state index in [1.54, 1.807) is 0 Å². The topological polar surface area (TPSA) is 76.1 Å². The Bertz CT molecular complexity index is 984. The number of amides is 1. The van der Waals surface area contributed by atoms with Crippen molar-refractivity contribution in [3.05, 3.63) is 0 Å². The minimum Gasteiger partial charge on any atom is -0.466 e. The standard InChI is InChI=1S/C55H106N2O5/c1-5-9-13-16-20-28-40-52(41-29-21-17-14-10-6-2)62-55(60)43-31-23-19-25-33-48-57(53(58)44-49-56-45-34-35-46-56)47-32-24-18-22-30-42-54(59)61-50-36-39-51(37-26-12-8-4)38-27-15-11-7-3/h51-52H,5-50H2,1-4H3. The molecule has 1 saturated heterocycles. The van der Waals surface area contributed by atoms with Crippen LogP contribution in [0.25, 0.3) is 0 Å². The number of rotatable bonds is 47. The zero-order valence-corrected chi connectivity index (χ0v) is 42.1. The van der Waals surface area contributed by atoms with E-state index in [1.165, 1.54) is 154 Å². The quantitative estimate of drug-likeness (QED) is 0.0448. The first-order valence-corrected chi connectivity index (χ1v) is 27.8. The molecule has 0 bridgehead atoms. The van der Waals surface area contributed by atoms with E-state index >= 15 is 0 Å². The number of likely N-dealkylation sites (tertiary alicyclic amines) is 1. The number of esters is 2. The van der Waals surface area contributed by atoms with Gasteiger partial charge in [-0.2, -0.15) is 0 Å². The Morgan fingerprint density at radius 3 is 1.40 bits per heavy atom. The normalized spacial score (nSPS) is 13.6. The van der Waals surface area contributed by atoms with E-state index in [-0.39, 0.29) is 18.0 Å². The SMILES string of the molecule is CCCCCCCCC(CCCCCCCC)OC(=O)CCCCCCCN(CCCCCCCC(=O)OCCCC(CCCCC)CCCCCC)C(=O)CCN1CCCC1. The van der Waals surface area contributed by atoms with Crippen LogP contribution in [0.1, 0.15) is 285 Å². The molecule has 1 fully saturated rings. The van der Waals surface area contributed by atoms with E-state index in [1.807, 2.05) is 0 Å². The predicted octanol–water partition coefficient (Wildman–Crippen LogP) is 15.9. The van der Waals surface area contributed by atoms with Gasteiger partial charge >= 0.3 is 11.9 Å². The van der Waals surface area contributed by atoms with Crippen molar-refractivity contribution in [3.8, 4) is 0 Å². The Kier molecular flexibility index (Phi) is 42.0. The summed E-state index contributed by atoms with van der Waals surface area (Å²) in [4.78, 5) is 43.3. The summed E-state index contributed by atoms with van der Waals surface area (Å²) in [6, 6.07) is 0. The Hall–Kier alpha value is -1.63. The van der Waals surface area contributed by atoms with E-state index in [2.05, 4.69) is 37.5 Å². The van der Waals surface area contributed by atoms with Gasteiger partial charge in [-0.15, -0.1) is 0 Å². The fourth-order valence-electron chi connectivity index (χ4n) is 9.40. The van der Waals surface area contributed by atoms with Gasteiger partial charge in [0.15, 0.2) is 0 Å². The van der Waals surface area contributed by atoms with Crippen LogP contribution in [0.5, 0.6) is 0 Å². The fraction of sp³-hybridized carbons (Fsp3) is 0.945. The van der Waals surface area contributed by atoms with Crippen molar-refractivity contribution < 1.29 is 23.9 Å². The Balaban J connectivity index is 2.33. The molecular weight excluding hydrogens is 769 g/mol. The minimum absolute atomic E-state index is 0.00171. The van der Waals surface area contributed by atoms with Gasteiger partial charge in [0.1, 0.15) is 6.10 Å². The van der Waals surface area contributed by atoms with E-state index in [9.17, 15) is 14.4 Å². The average Bonchev–Trinajstić information content (AvgIpc) is 3.80. The summed E-state index contributed by atoms with van der Waals surface area (Å²) in [5.41, 5.74) is 0. The zero-order valence-electron chi connectivity index (χ0n) is 42.1. The molecule has 1 amide bonds. The molecule has 0 saturated carbocycles. The number of hydrogen-bond donors (Lipinski definition) is 0. The summed E-state index contributed by atoms with van der Waals surface area (Å²) in [5, 5.41) is 0. The lowest BCUT2D eigenvalue weighted by atomic mass is 9.91. The first-order chi connectivity index (χ1) is 30.4. The second kappa shape index (κ2) is 44.6. The molecule has 1 rings (SSSR count). The molecule has 1 unspecified atom stereocenters. The van der Waals surface area contributed by atoms with Crippen molar-refractivity contribution in [3.63, 3.8) is 0 Å².